The number of carbonyl (C=O) groups is 2. The van der Waals surface area contributed by atoms with Gasteiger partial charge in [0, 0.05) is 11.5 Å². The molecule has 4 N–H and O–H groups in total. The fraction of sp³-hybridized carbons (Fsp3) is 0.619. The second kappa shape index (κ2) is 6.56. The molecule has 158 valence electrons. The molecule has 0 saturated heterocycles. The van der Waals surface area contributed by atoms with Crippen LogP contribution in [0.3, 0.4) is 0 Å². The summed E-state index contributed by atoms with van der Waals surface area (Å²) < 4.78 is 28.3. The summed E-state index contributed by atoms with van der Waals surface area (Å²) >= 11 is 0. The third-order valence-corrected chi connectivity index (χ3v) is 9.43. The van der Waals surface area contributed by atoms with E-state index in [1.165, 1.54) is 12.1 Å². The minimum Gasteiger partial charge on any atom is -0.369 e. The number of benzene rings is 1. The van der Waals surface area contributed by atoms with Gasteiger partial charge < -0.3 is 11.1 Å². The maximum absolute atomic E-state index is 13.2. The molecule has 5 aliphatic carbocycles. The van der Waals surface area contributed by atoms with Crippen LogP contribution in [-0.4, -0.2) is 39.7 Å². The molecule has 7 nitrogen and oxygen atoms in total. The van der Waals surface area contributed by atoms with Gasteiger partial charge in [0.1, 0.15) is 13.4 Å². The maximum atomic E-state index is 13.2. The lowest BCUT2D eigenvalue weighted by atomic mass is 9.47. The van der Waals surface area contributed by atoms with Crippen molar-refractivity contribution < 1.29 is 18.0 Å². The van der Waals surface area contributed by atoms with Crippen molar-refractivity contribution in [2.45, 2.75) is 61.4 Å². The maximum Gasteiger partial charge on any atom is 0.241 e. The molecular weight excluding hydrogens is 401 g/mol. The number of primary amides is 1. The van der Waals surface area contributed by atoms with Gasteiger partial charge in [-0.1, -0.05) is 23.7 Å². The van der Waals surface area contributed by atoms with Gasteiger partial charge in [-0.3, -0.25) is 9.59 Å². The molecule has 9 heteroatoms. The molecule has 0 heterocycles. The van der Waals surface area contributed by atoms with E-state index in [4.69, 9.17) is 13.6 Å². The Morgan fingerprint density at radius 3 is 2.27 bits per heavy atom. The quantitative estimate of drug-likeness (QED) is 0.558. The zero-order chi connectivity index (χ0) is 21.3. The standard InChI is InChI=1S/C21H26BN3O4S/c22-15-3-1-2-4-16(15)30(28,29)25-21(5-6-21)19(27)24-17-13-7-12-8-14(17)11-20(9-12,10-13)18(23)26/h1-4,12-14,17,25H,5-11H2,(H2,23,26)(H,24,27). The zero-order valence-electron chi connectivity index (χ0n) is 16.8. The molecule has 2 unspecified atom stereocenters. The largest absolute Gasteiger partial charge is 0.369 e. The molecule has 1 aromatic carbocycles. The zero-order valence-corrected chi connectivity index (χ0v) is 17.6. The second-order valence-electron chi connectivity index (χ2n) is 9.84. The first-order chi connectivity index (χ1) is 14.1. The van der Waals surface area contributed by atoms with E-state index in [9.17, 15) is 18.0 Å². The van der Waals surface area contributed by atoms with E-state index in [0.717, 1.165) is 32.1 Å². The van der Waals surface area contributed by atoms with Crippen molar-refractivity contribution in [2.75, 3.05) is 0 Å². The highest BCUT2D eigenvalue weighted by Gasteiger charge is 2.60. The van der Waals surface area contributed by atoms with E-state index >= 15 is 0 Å². The monoisotopic (exact) mass is 427 g/mol. The Bertz CT molecular complexity index is 1010. The second-order valence-corrected chi connectivity index (χ2v) is 11.5. The van der Waals surface area contributed by atoms with E-state index in [1.807, 2.05) is 0 Å². The van der Waals surface area contributed by atoms with E-state index in [0.29, 0.717) is 18.8 Å². The van der Waals surface area contributed by atoms with Gasteiger partial charge in [0.05, 0.1) is 4.90 Å². The van der Waals surface area contributed by atoms with Crippen molar-refractivity contribution in [3.8, 4) is 0 Å². The summed E-state index contributed by atoms with van der Waals surface area (Å²) in [5, 5.41) is 3.16. The Balaban J connectivity index is 1.32. The van der Waals surface area contributed by atoms with Crippen LogP contribution in [0.15, 0.2) is 29.2 Å². The number of carbonyl (C=O) groups excluding carboxylic acids is 2. The van der Waals surface area contributed by atoms with E-state index in [2.05, 4.69) is 10.0 Å². The summed E-state index contributed by atoms with van der Waals surface area (Å²) in [6.45, 7) is 0. The van der Waals surface area contributed by atoms with Gasteiger partial charge in [-0.05, 0) is 68.8 Å². The SMILES string of the molecule is [B]c1ccccc1S(=O)(=O)NC1(C(=O)NC2C3CC4CC2CC(C(N)=O)(C4)C3)CC1. The van der Waals surface area contributed by atoms with Crippen LogP contribution in [0.5, 0.6) is 0 Å². The Morgan fingerprint density at radius 1 is 1.07 bits per heavy atom. The molecule has 5 aliphatic rings. The van der Waals surface area contributed by atoms with Crippen LogP contribution in [0.2, 0.25) is 0 Å². The van der Waals surface area contributed by atoms with Crippen molar-refractivity contribution in [1.82, 2.24) is 10.0 Å². The predicted molar refractivity (Wildman–Crippen MR) is 111 cm³/mol. The van der Waals surface area contributed by atoms with Gasteiger partial charge in [-0.15, -0.1) is 0 Å². The normalized spacial score (nSPS) is 35.7. The minimum atomic E-state index is -3.91. The lowest BCUT2D eigenvalue weighted by Gasteiger charge is -2.59. The summed E-state index contributed by atoms with van der Waals surface area (Å²) in [5.41, 5.74) is 4.36. The molecule has 5 saturated carbocycles. The van der Waals surface area contributed by atoms with Crippen LogP contribution in [0, 0.1) is 23.2 Å². The molecule has 2 amide bonds. The van der Waals surface area contributed by atoms with Crippen molar-refractivity contribution in [1.29, 1.82) is 0 Å². The molecule has 1 aromatic rings. The average molecular weight is 427 g/mol. The Hall–Kier alpha value is -1.87. The number of rotatable bonds is 6. The smallest absolute Gasteiger partial charge is 0.241 e. The summed E-state index contributed by atoms with van der Waals surface area (Å²) in [5.74, 6) is 0.470. The minimum absolute atomic E-state index is 0.0119. The predicted octanol–water partition coefficient (Wildman–Crippen LogP) is 0.0877. The summed E-state index contributed by atoms with van der Waals surface area (Å²) in [6, 6.07) is 6.21. The molecular formula is C21H26BN3O4S. The molecule has 2 atom stereocenters. The van der Waals surface area contributed by atoms with Crippen molar-refractivity contribution in [2.24, 2.45) is 28.9 Å². The fourth-order valence-corrected chi connectivity index (χ4v) is 7.95. The number of hydrogen-bond donors (Lipinski definition) is 3. The molecule has 5 fully saturated rings. The molecule has 0 aliphatic heterocycles. The van der Waals surface area contributed by atoms with Crippen LogP contribution in [0.4, 0.5) is 0 Å². The van der Waals surface area contributed by atoms with E-state index in [1.54, 1.807) is 12.1 Å². The lowest BCUT2D eigenvalue weighted by Crippen LogP contribution is -2.64. The Morgan fingerprint density at radius 2 is 1.70 bits per heavy atom. The highest BCUT2D eigenvalue weighted by atomic mass is 32.2. The van der Waals surface area contributed by atoms with Gasteiger partial charge in [0.25, 0.3) is 0 Å². The topological polar surface area (TPSA) is 118 Å². The number of nitrogens with one attached hydrogen (secondary N) is 2. The molecule has 30 heavy (non-hydrogen) atoms. The average Bonchev–Trinajstić information content (AvgIpc) is 3.44. The molecule has 2 radical (unpaired) electrons. The van der Waals surface area contributed by atoms with Crippen molar-refractivity contribution in [3.05, 3.63) is 24.3 Å². The molecule has 0 aromatic heterocycles. The molecule has 0 spiro atoms. The third kappa shape index (κ3) is 3.09. The van der Waals surface area contributed by atoms with Gasteiger partial charge in [0.2, 0.25) is 21.8 Å². The number of hydrogen-bond acceptors (Lipinski definition) is 4. The van der Waals surface area contributed by atoms with Crippen LogP contribution in [0.1, 0.15) is 44.9 Å². The highest BCUT2D eigenvalue weighted by molar-refractivity contribution is 7.89. The third-order valence-electron chi connectivity index (χ3n) is 7.82. The molecule has 4 bridgehead atoms. The van der Waals surface area contributed by atoms with Crippen LogP contribution < -0.4 is 21.2 Å². The Labute approximate surface area is 178 Å². The first-order valence-electron chi connectivity index (χ1n) is 10.6. The van der Waals surface area contributed by atoms with Crippen LogP contribution >= 0.6 is 0 Å². The Kier molecular flexibility index (Phi) is 4.39. The summed E-state index contributed by atoms with van der Waals surface area (Å²) in [6.07, 6.45) is 5.23. The number of sulfonamides is 1. The lowest BCUT2D eigenvalue weighted by molar-refractivity contribution is -0.147. The van der Waals surface area contributed by atoms with Gasteiger partial charge in [-0.2, -0.15) is 4.72 Å². The van der Waals surface area contributed by atoms with Crippen molar-refractivity contribution >= 4 is 35.1 Å². The highest BCUT2D eigenvalue weighted by Crippen LogP contribution is 2.60. The van der Waals surface area contributed by atoms with Crippen molar-refractivity contribution in [3.63, 3.8) is 0 Å². The number of nitrogens with two attached hydrogens (primary N) is 1. The first-order valence-corrected chi connectivity index (χ1v) is 12.1. The van der Waals surface area contributed by atoms with Gasteiger partial charge >= 0.3 is 0 Å². The van der Waals surface area contributed by atoms with E-state index in [-0.39, 0.29) is 40.1 Å². The number of amides is 2. The fourth-order valence-electron chi connectivity index (χ4n) is 6.39. The van der Waals surface area contributed by atoms with Gasteiger partial charge in [0.15, 0.2) is 0 Å². The summed E-state index contributed by atoms with van der Waals surface area (Å²) in [4.78, 5) is 25.3. The molecule has 6 rings (SSSR count). The van der Waals surface area contributed by atoms with Gasteiger partial charge in [-0.25, -0.2) is 8.42 Å². The first kappa shape index (κ1) is 20.1. The summed E-state index contributed by atoms with van der Waals surface area (Å²) in [7, 11) is 1.92. The van der Waals surface area contributed by atoms with E-state index < -0.39 is 21.0 Å². The van der Waals surface area contributed by atoms with Crippen LogP contribution in [-0.2, 0) is 19.6 Å². The van der Waals surface area contributed by atoms with Crippen LogP contribution in [0.25, 0.3) is 0 Å².